The molecule has 4 aromatic rings. The van der Waals surface area contributed by atoms with E-state index in [1.54, 1.807) is 0 Å². The van der Waals surface area contributed by atoms with E-state index in [0.717, 1.165) is 12.4 Å². The molecule has 2 aromatic heterocycles. The van der Waals surface area contributed by atoms with Gasteiger partial charge in [-0.05, 0) is 28.8 Å². The number of rotatable bonds is 4. The molecule has 0 radical (unpaired) electrons. The van der Waals surface area contributed by atoms with Crippen molar-refractivity contribution in [1.82, 2.24) is 15.0 Å². The Kier molecular flexibility index (Phi) is 3.86. The fourth-order valence-electron chi connectivity index (χ4n) is 2.66. The molecule has 0 aliphatic heterocycles. The summed E-state index contributed by atoms with van der Waals surface area (Å²) in [6, 6.07) is 24.8. The Balaban J connectivity index is 1.54. The molecule has 0 saturated carbocycles. The predicted molar refractivity (Wildman–Crippen MR) is 92.5 cm³/mol. The molecule has 116 valence electrons. The zero-order chi connectivity index (χ0) is 16.2. The maximum Gasteiger partial charge on any atom is 0.375 e. The average Bonchev–Trinajstić information content (AvgIpc) is 3.12. The van der Waals surface area contributed by atoms with Crippen LogP contribution < -0.4 is 4.57 Å². The third-order valence-electron chi connectivity index (χ3n) is 3.92. The zero-order valence-corrected chi connectivity index (χ0v) is 13.2. The van der Waals surface area contributed by atoms with Crippen LogP contribution in [0.2, 0.25) is 0 Å². The molecule has 2 heterocycles. The Morgan fingerprint density at radius 2 is 1.38 bits per heavy atom. The SMILES string of the molecule is c1ccc(Cn2cc(-[n+]3ccc(-c4ccccc4)cc3)nn2)cc1. The summed E-state index contributed by atoms with van der Waals surface area (Å²) in [4.78, 5) is 0. The minimum atomic E-state index is 0.719. The van der Waals surface area contributed by atoms with E-state index in [1.165, 1.54) is 16.7 Å². The van der Waals surface area contributed by atoms with Gasteiger partial charge in [0.15, 0.2) is 0 Å². The molecule has 0 saturated heterocycles. The van der Waals surface area contributed by atoms with E-state index in [-0.39, 0.29) is 0 Å². The van der Waals surface area contributed by atoms with Crippen LogP contribution in [0.15, 0.2) is 91.4 Å². The Morgan fingerprint density at radius 1 is 0.750 bits per heavy atom. The van der Waals surface area contributed by atoms with Crippen molar-refractivity contribution in [2.45, 2.75) is 6.54 Å². The molecular formula is C20H17N4+. The molecule has 0 fully saturated rings. The molecule has 2 aromatic carbocycles. The van der Waals surface area contributed by atoms with Gasteiger partial charge in [0.25, 0.3) is 0 Å². The molecule has 4 rings (SSSR count). The lowest BCUT2D eigenvalue weighted by atomic mass is 10.1. The number of benzene rings is 2. The van der Waals surface area contributed by atoms with Crippen molar-refractivity contribution in [3.05, 3.63) is 97.0 Å². The first-order valence-electron chi connectivity index (χ1n) is 7.90. The van der Waals surface area contributed by atoms with Crippen LogP contribution in [0.4, 0.5) is 0 Å². The van der Waals surface area contributed by atoms with Crippen molar-refractivity contribution in [3.63, 3.8) is 0 Å². The second kappa shape index (κ2) is 6.46. The molecule has 0 amide bonds. The third kappa shape index (κ3) is 3.08. The van der Waals surface area contributed by atoms with Gasteiger partial charge in [-0.3, -0.25) is 0 Å². The van der Waals surface area contributed by atoms with Crippen molar-refractivity contribution < 1.29 is 4.57 Å². The normalized spacial score (nSPS) is 10.7. The first kappa shape index (κ1) is 14.3. The minimum absolute atomic E-state index is 0.719. The fraction of sp³-hybridized carbons (Fsp3) is 0.0500. The van der Waals surface area contributed by atoms with Gasteiger partial charge in [-0.15, -0.1) is 0 Å². The van der Waals surface area contributed by atoms with Crippen LogP contribution in [0.5, 0.6) is 0 Å². The smallest absolute Gasteiger partial charge is 0.221 e. The largest absolute Gasteiger partial charge is 0.375 e. The first-order chi connectivity index (χ1) is 11.9. The molecule has 0 unspecified atom stereocenters. The Morgan fingerprint density at radius 3 is 2.08 bits per heavy atom. The van der Waals surface area contributed by atoms with E-state index in [1.807, 2.05) is 64.2 Å². The van der Waals surface area contributed by atoms with Crippen LogP contribution in [-0.4, -0.2) is 15.0 Å². The molecule has 0 atom stereocenters. The summed E-state index contributed by atoms with van der Waals surface area (Å²) in [6.07, 6.45) is 5.98. The predicted octanol–water partition coefficient (Wildman–Crippen LogP) is 3.27. The molecule has 0 bridgehead atoms. The third-order valence-corrected chi connectivity index (χ3v) is 3.92. The van der Waals surface area contributed by atoms with Gasteiger partial charge < -0.3 is 0 Å². The Bertz CT molecular complexity index is 913. The number of nitrogens with zero attached hydrogens (tertiary/aromatic N) is 4. The lowest BCUT2D eigenvalue weighted by molar-refractivity contribution is -0.599. The van der Waals surface area contributed by atoms with Gasteiger partial charge in [0.05, 0.1) is 24.2 Å². The lowest BCUT2D eigenvalue weighted by Gasteiger charge is -2.00. The summed E-state index contributed by atoms with van der Waals surface area (Å²) in [6.45, 7) is 0.719. The van der Waals surface area contributed by atoms with Crippen LogP contribution in [0, 0.1) is 0 Å². The highest BCUT2D eigenvalue weighted by Gasteiger charge is 2.12. The highest BCUT2D eigenvalue weighted by atomic mass is 15.4. The van der Waals surface area contributed by atoms with Crippen LogP contribution in [-0.2, 0) is 6.54 Å². The van der Waals surface area contributed by atoms with Gasteiger partial charge >= 0.3 is 5.82 Å². The van der Waals surface area contributed by atoms with Gasteiger partial charge in [0.1, 0.15) is 11.3 Å². The summed E-state index contributed by atoms with van der Waals surface area (Å²) >= 11 is 0. The first-order valence-corrected chi connectivity index (χ1v) is 7.90. The fourth-order valence-corrected chi connectivity index (χ4v) is 2.66. The van der Waals surface area contributed by atoms with Crippen molar-refractivity contribution in [1.29, 1.82) is 0 Å². The summed E-state index contributed by atoms with van der Waals surface area (Å²) in [5.74, 6) is 0.811. The second-order valence-corrected chi connectivity index (χ2v) is 5.62. The summed E-state index contributed by atoms with van der Waals surface area (Å²) in [7, 11) is 0. The number of hydrogen-bond acceptors (Lipinski definition) is 2. The lowest BCUT2D eigenvalue weighted by Crippen LogP contribution is -2.29. The zero-order valence-electron chi connectivity index (χ0n) is 13.2. The van der Waals surface area contributed by atoms with Gasteiger partial charge in [0.2, 0.25) is 0 Å². The minimum Gasteiger partial charge on any atom is -0.221 e. The second-order valence-electron chi connectivity index (χ2n) is 5.62. The van der Waals surface area contributed by atoms with Gasteiger partial charge in [-0.25, -0.2) is 9.25 Å². The number of pyridine rings is 1. The highest BCUT2D eigenvalue weighted by molar-refractivity contribution is 5.61. The summed E-state index contributed by atoms with van der Waals surface area (Å²) in [5, 5.41) is 8.48. The Labute approximate surface area is 140 Å². The van der Waals surface area contributed by atoms with Crippen molar-refractivity contribution in [2.75, 3.05) is 0 Å². The Hall–Kier alpha value is -3.27. The number of hydrogen-bond donors (Lipinski definition) is 0. The van der Waals surface area contributed by atoms with Crippen molar-refractivity contribution >= 4 is 0 Å². The monoisotopic (exact) mass is 313 g/mol. The molecule has 24 heavy (non-hydrogen) atoms. The number of aromatic nitrogens is 4. The van der Waals surface area contributed by atoms with E-state index in [2.05, 4.69) is 46.7 Å². The van der Waals surface area contributed by atoms with Crippen molar-refractivity contribution in [3.8, 4) is 16.9 Å². The van der Waals surface area contributed by atoms with Gasteiger partial charge in [-0.2, -0.15) is 0 Å². The maximum atomic E-state index is 4.26. The molecule has 4 nitrogen and oxygen atoms in total. The van der Waals surface area contributed by atoms with E-state index in [9.17, 15) is 0 Å². The van der Waals surface area contributed by atoms with Crippen LogP contribution in [0.25, 0.3) is 16.9 Å². The molecule has 0 aliphatic rings. The van der Waals surface area contributed by atoms with Crippen LogP contribution in [0.1, 0.15) is 5.56 Å². The standard InChI is InChI=1S/C20H17N4/c1-3-7-17(8-4-1)15-24-16-20(21-22-24)23-13-11-19(12-14-23)18-9-5-2-6-10-18/h1-14,16H,15H2/q+1. The van der Waals surface area contributed by atoms with Crippen LogP contribution >= 0.6 is 0 Å². The highest BCUT2D eigenvalue weighted by Crippen LogP contribution is 2.16. The van der Waals surface area contributed by atoms with Crippen LogP contribution in [0.3, 0.4) is 0 Å². The average molecular weight is 313 g/mol. The quantitative estimate of drug-likeness (QED) is 0.542. The topological polar surface area (TPSA) is 34.6 Å². The van der Waals surface area contributed by atoms with Gasteiger partial charge in [0, 0.05) is 0 Å². The summed E-state index contributed by atoms with van der Waals surface area (Å²) < 4.78 is 3.82. The summed E-state index contributed by atoms with van der Waals surface area (Å²) in [5.41, 5.74) is 3.60. The molecule has 0 aliphatic carbocycles. The maximum absolute atomic E-state index is 4.26. The molecule has 0 spiro atoms. The van der Waals surface area contributed by atoms with Gasteiger partial charge in [-0.1, -0.05) is 60.7 Å². The molecule has 4 heteroatoms. The molecule has 0 N–H and O–H groups in total. The van der Waals surface area contributed by atoms with E-state index in [4.69, 9.17) is 0 Å². The van der Waals surface area contributed by atoms with E-state index < -0.39 is 0 Å². The molecular weight excluding hydrogens is 296 g/mol. The van der Waals surface area contributed by atoms with E-state index >= 15 is 0 Å². The van der Waals surface area contributed by atoms with E-state index in [0.29, 0.717) is 0 Å². The van der Waals surface area contributed by atoms with Crippen molar-refractivity contribution in [2.24, 2.45) is 0 Å².